The van der Waals surface area contributed by atoms with Gasteiger partial charge in [0.25, 0.3) is 0 Å². The van der Waals surface area contributed by atoms with E-state index >= 15 is 0 Å². The number of benzene rings is 2. The van der Waals surface area contributed by atoms with Crippen LogP contribution in [0.4, 0.5) is 4.79 Å². The van der Waals surface area contributed by atoms with Crippen molar-refractivity contribution in [2.75, 3.05) is 13.3 Å². The molecule has 0 radical (unpaired) electrons. The van der Waals surface area contributed by atoms with Crippen molar-refractivity contribution in [2.24, 2.45) is 5.92 Å². The summed E-state index contributed by atoms with van der Waals surface area (Å²) in [5.74, 6) is 0.0410. The normalized spacial score (nSPS) is 12.9. The smallest absolute Gasteiger partial charge is 0.429 e. The van der Waals surface area contributed by atoms with Crippen molar-refractivity contribution < 1.29 is 33.4 Å². The number of rotatable bonds is 13. The molecule has 0 spiro atoms. The zero-order chi connectivity index (χ0) is 28.3. The van der Waals surface area contributed by atoms with Gasteiger partial charge in [-0.1, -0.05) is 68.7 Å². The van der Waals surface area contributed by atoms with E-state index < -0.39 is 23.5 Å². The van der Waals surface area contributed by atoms with Gasteiger partial charge in [-0.25, -0.2) is 14.9 Å². The third kappa shape index (κ3) is 9.47. The van der Waals surface area contributed by atoms with Gasteiger partial charge < -0.3 is 14.2 Å². The van der Waals surface area contributed by atoms with Crippen molar-refractivity contribution >= 4 is 18.4 Å². The number of carbonyl (C=O) groups is 3. The van der Waals surface area contributed by atoms with Crippen LogP contribution in [-0.4, -0.2) is 47.4 Å². The number of unbranched alkanes of at least 4 members (excludes halogenated alkanes) is 2. The Morgan fingerprint density at radius 2 is 1.85 bits per heavy atom. The van der Waals surface area contributed by atoms with Gasteiger partial charge in [0.15, 0.2) is 11.5 Å². The second-order valence-electron chi connectivity index (χ2n) is 10.4. The molecule has 0 aromatic heterocycles. The molecule has 10 nitrogen and oxygen atoms in total. The highest BCUT2D eigenvalue weighted by atomic mass is 16.7. The Hall–Kier alpha value is -3.79. The number of nitrogens with zero attached hydrogens (tertiary/aromatic N) is 2. The number of nitrogens with one attached hydrogen (secondary N) is 1. The lowest BCUT2D eigenvalue weighted by molar-refractivity contribution is -0.182. The summed E-state index contributed by atoms with van der Waals surface area (Å²) in [4.78, 5) is 44.2. The summed E-state index contributed by atoms with van der Waals surface area (Å²) in [5, 5.41) is 2.27. The van der Waals surface area contributed by atoms with Gasteiger partial charge in [0.1, 0.15) is 12.2 Å². The van der Waals surface area contributed by atoms with Crippen molar-refractivity contribution in [1.29, 1.82) is 0 Å². The highest BCUT2D eigenvalue weighted by Crippen LogP contribution is 2.36. The van der Waals surface area contributed by atoms with Crippen molar-refractivity contribution in [3.63, 3.8) is 0 Å². The molecule has 0 unspecified atom stereocenters. The average molecular weight is 542 g/mol. The van der Waals surface area contributed by atoms with E-state index in [-0.39, 0.29) is 26.5 Å². The Labute approximate surface area is 230 Å². The van der Waals surface area contributed by atoms with Crippen molar-refractivity contribution in [3.8, 4) is 11.5 Å². The highest BCUT2D eigenvalue weighted by Gasteiger charge is 2.30. The van der Waals surface area contributed by atoms with Crippen LogP contribution < -0.4 is 14.9 Å². The van der Waals surface area contributed by atoms with Gasteiger partial charge >= 0.3 is 6.09 Å². The van der Waals surface area contributed by atoms with E-state index in [0.29, 0.717) is 29.9 Å². The highest BCUT2D eigenvalue weighted by molar-refractivity contribution is 5.81. The van der Waals surface area contributed by atoms with E-state index in [1.807, 2.05) is 30.3 Å². The summed E-state index contributed by atoms with van der Waals surface area (Å²) in [7, 11) is 0. The maximum absolute atomic E-state index is 13.6. The fourth-order valence-electron chi connectivity index (χ4n) is 4.00. The van der Waals surface area contributed by atoms with E-state index in [4.69, 9.17) is 19.0 Å². The Bertz CT molecular complexity index is 1090. The van der Waals surface area contributed by atoms with Crippen molar-refractivity contribution in [1.82, 2.24) is 15.5 Å². The van der Waals surface area contributed by atoms with Crippen LogP contribution in [0.25, 0.3) is 0 Å². The monoisotopic (exact) mass is 541 g/mol. The first kappa shape index (κ1) is 29.8. The number of ether oxygens (including phenoxy) is 3. The minimum atomic E-state index is -0.779. The van der Waals surface area contributed by atoms with Crippen LogP contribution in [0.5, 0.6) is 11.5 Å². The summed E-state index contributed by atoms with van der Waals surface area (Å²) in [6.07, 6.45) is 3.05. The van der Waals surface area contributed by atoms with Gasteiger partial charge in [0.05, 0.1) is 19.0 Å². The van der Waals surface area contributed by atoms with Crippen LogP contribution in [-0.2, 0) is 32.3 Å². The fourth-order valence-corrected chi connectivity index (χ4v) is 4.00. The summed E-state index contributed by atoms with van der Waals surface area (Å²) in [5.41, 5.74) is 3.50. The lowest BCUT2D eigenvalue weighted by Gasteiger charge is -2.30. The molecule has 0 bridgehead atoms. The summed E-state index contributed by atoms with van der Waals surface area (Å²) >= 11 is 0. The summed E-state index contributed by atoms with van der Waals surface area (Å²) in [6.45, 7) is 7.63. The maximum Gasteiger partial charge on any atom is 0.429 e. The lowest BCUT2D eigenvalue weighted by atomic mass is 10.0. The molecule has 1 aliphatic rings. The molecule has 2 aromatic rings. The third-order valence-electron chi connectivity index (χ3n) is 5.95. The number of hydrazine groups is 1. The quantitative estimate of drug-likeness (QED) is 0.217. The molecule has 0 fully saturated rings. The number of hydrogen-bond donors (Lipinski definition) is 1. The molecule has 1 atom stereocenters. The standard InChI is InChI=1S/C29H39N3O7/c1-5-6-8-14-24(17-31(20-33)38-19-22-12-9-7-10-13-22)27(34)30-32(28(35)39-29(2,3)4)18-23-15-11-16-25-26(23)37-21-36-25/h7,9-13,15-16,20,24H,5-6,8,14,17-19,21H2,1-4H3,(H,30,34)/t24-/m1/s1. The molecule has 212 valence electrons. The van der Waals surface area contributed by atoms with E-state index in [1.54, 1.807) is 39.0 Å². The molecule has 2 aromatic carbocycles. The zero-order valence-electron chi connectivity index (χ0n) is 23.2. The SMILES string of the molecule is CCCCC[C@H](CN(C=O)OCc1ccccc1)C(=O)NN(Cc1cccc2c1OCO2)C(=O)OC(C)(C)C. The average Bonchev–Trinajstić information content (AvgIpc) is 3.39. The van der Waals surface area contributed by atoms with Gasteiger partial charge in [0, 0.05) is 5.56 Å². The van der Waals surface area contributed by atoms with Crippen LogP contribution in [0.3, 0.4) is 0 Å². The molecular formula is C29H39N3O7. The van der Waals surface area contributed by atoms with Crippen LogP contribution >= 0.6 is 0 Å². The van der Waals surface area contributed by atoms with Gasteiger partial charge in [0.2, 0.25) is 19.1 Å². The molecule has 3 amide bonds. The Balaban J connectivity index is 1.75. The number of fused-ring (bicyclic) bond motifs is 1. The molecule has 0 saturated heterocycles. The third-order valence-corrected chi connectivity index (χ3v) is 5.95. The van der Waals surface area contributed by atoms with Crippen LogP contribution in [0.2, 0.25) is 0 Å². The van der Waals surface area contributed by atoms with Gasteiger partial charge in [-0.05, 0) is 38.8 Å². The molecule has 39 heavy (non-hydrogen) atoms. The number of carbonyl (C=O) groups excluding carboxylic acids is 3. The lowest BCUT2D eigenvalue weighted by Crippen LogP contribution is -2.51. The zero-order valence-corrected chi connectivity index (χ0v) is 23.2. The molecule has 10 heteroatoms. The van der Waals surface area contributed by atoms with E-state index in [2.05, 4.69) is 12.3 Å². The molecular weight excluding hydrogens is 502 g/mol. The first-order chi connectivity index (χ1) is 18.7. The van der Waals surface area contributed by atoms with Gasteiger partial charge in [-0.2, -0.15) is 0 Å². The number of hydroxylamine groups is 2. The van der Waals surface area contributed by atoms with Gasteiger partial charge in [-0.3, -0.25) is 19.9 Å². The molecule has 3 rings (SSSR count). The van der Waals surface area contributed by atoms with Crippen molar-refractivity contribution in [3.05, 3.63) is 59.7 Å². The van der Waals surface area contributed by atoms with Crippen LogP contribution in [0.15, 0.2) is 48.5 Å². The van der Waals surface area contributed by atoms with Crippen LogP contribution in [0, 0.1) is 5.92 Å². The predicted molar refractivity (Wildman–Crippen MR) is 144 cm³/mol. The fraction of sp³-hybridized carbons (Fsp3) is 0.483. The minimum Gasteiger partial charge on any atom is -0.454 e. The summed E-state index contributed by atoms with van der Waals surface area (Å²) in [6, 6.07) is 14.8. The molecule has 1 heterocycles. The number of para-hydroxylation sites is 1. The van der Waals surface area contributed by atoms with E-state index in [1.165, 1.54) is 0 Å². The first-order valence-corrected chi connectivity index (χ1v) is 13.3. The second kappa shape index (κ2) is 14.4. The number of amides is 3. The maximum atomic E-state index is 13.6. The largest absolute Gasteiger partial charge is 0.454 e. The second-order valence-corrected chi connectivity index (χ2v) is 10.4. The van der Waals surface area contributed by atoms with Crippen LogP contribution in [0.1, 0.15) is 64.5 Å². The van der Waals surface area contributed by atoms with Gasteiger partial charge in [-0.15, -0.1) is 0 Å². The van der Waals surface area contributed by atoms with Crippen molar-refractivity contribution in [2.45, 2.75) is 72.1 Å². The minimum absolute atomic E-state index is 0.00321. The topological polar surface area (TPSA) is 107 Å². The first-order valence-electron chi connectivity index (χ1n) is 13.3. The summed E-state index contributed by atoms with van der Waals surface area (Å²) < 4.78 is 16.6. The molecule has 0 saturated carbocycles. The Morgan fingerprint density at radius 3 is 2.54 bits per heavy atom. The molecule has 0 aliphatic carbocycles. The molecule has 1 N–H and O–H groups in total. The van der Waals surface area contributed by atoms with E-state index in [0.717, 1.165) is 34.9 Å². The Kier molecular flexibility index (Phi) is 11.0. The molecule has 1 aliphatic heterocycles. The number of hydrogen-bond acceptors (Lipinski definition) is 7. The predicted octanol–water partition coefficient (Wildman–Crippen LogP) is 4.97. The Morgan fingerprint density at radius 1 is 1.08 bits per heavy atom. The van der Waals surface area contributed by atoms with E-state index in [9.17, 15) is 14.4 Å².